The van der Waals surface area contributed by atoms with Gasteiger partial charge in [-0.2, -0.15) is 0 Å². The van der Waals surface area contributed by atoms with Crippen LogP contribution < -0.4 is 0 Å². The second-order valence-corrected chi connectivity index (χ2v) is 8.61. The van der Waals surface area contributed by atoms with Crippen LogP contribution in [-0.2, 0) is 4.74 Å². The normalized spacial score (nSPS) is 12.0. The molecule has 0 spiro atoms. The second-order valence-electron chi connectivity index (χ2n) is 8.61. The maximum atomic E-state index is 6.09. The van der Waals surface area contributed by atoms with Crippen LogP contribution in [0, 0.1) is 0 Å². The van der Waals surface area contributed by atoms with Crippen LogP contribution in [0.2, 0.25) is 0 Å². The molecule has 0 fully saturated rings. The zero-order valence-corrected chi connectivity index (χ0v) is 18.9. The topological polar surface area (TPSA) is 15.7 Å². The fraction of sp³-hybridized carbons (Fsp3) is 1.00. The Morgan fingerprint density at radius 3 is 1.23 bits per heavy atom. The standard InChI is InChI=1S/C23H50N2O/c1-6-7-8-9-10-11-12-13-14-15-16-17-18-19-20-26-23(21-24(2)3)22-25(4)5/h23H,6-22H2,1-5H3. The minimum atomic E-state index is 0.335. The zero-order valence-electron chi connectivity index (χ0n) is 18.9. The van der Waals surface area contributed by atoms with E-state index in [2.05, 4.69) is 44.9 Å². The van der Waals surface area contributed by atoms with E-state index in [0.29, 0.717) is 6.10 Å². The highest BCUT2D eigenvalue weighted by Gasteiger charge is 2.11. The maximum Gasteiger partial charge on any atom is 0.0828 e. The lowest BCUT2D eigenvalue weighted by molar-refractivity contribution is 0.0183. The minimum Gasteiger partial charge on any atom is -0.376 e. The molecule has 0 aromatic carbocycles. The van der Waals surface area contributed by atoms with Gasteiger partial charge >= 0.3 is 0 Å². The average Bonchev–Trinajstić information content (AvgIpc) is 2.57. The molecule has 158 valence electrons. The quantitative estimate of drug-likeness (QED) is 0.245. The predicted octanol–water partition coefficient (Wildman–Crippen LogP) is 5.98. The van der Waals surface area contributed by atoms with E-state index in [1.54, 1.807) is 0 Å². The first kappa shape index (κ1) is 25.9. The number of unbranched alkanes of at least 4 members (excludes halogenated alkanes) is 13. The smallest absolute Gasteiger partial charge is 0.0828 e. The number of rotatable bonds is 20. The lowest BCUT2D eigenvalue weighted by Gasteiger charge is -2.24. The molecular formula is C23H50N2O. The third-order valence-electron chi connectivity index (χ3n) is 4.99. The molecule has 0 heterocycles. The highest BCUT2D eigenvalue weighted by molar-refractivity contribution is 4.64. The Morgan fingerprint density at radius 2 is 0.885 bits per heavy atom. The summed E-state index contributed by atoms with van der Waals surface area (Å²) in [6, 6.07) is 0. The summed E-state index contributed by atoms with van der Waals surface area (Å²) < 4.78 is 6.09. The monoisotopic (exact) mass is 370 g/mol. The first-order valence-electron chi connectivity index (χ1n) is 11.5. The lowest BCUT2D eigenvalue weighted by Crippen LogP contribution is -2.36. The summed E-state index contributed by atoms with van der Waals surface area (Å²) >= 11 is 0. The molecule has 0 N–H and O–H groups in total. The molecule has 0 amide bonds. The molecule has 0 atom stereocenters. The van der Waals surface area contributed by atoms with Gasteiger partial charge in [-0.25, -0.2) is 0 Å². The van der Waals surface area contributed by atoms with Crippen molar-refractivity contribution in [2.45, 2.75) is 103 Å². The van der Waals surface area contributed by atoms with E-state index in [-0.39, 0.29) is 0 Å². The summed E-state index contributed by atoms with van der Waals surface area (Å²) in [5, 5.41) is 0. The van der Waals surface area contributed by atoms with Gasteiger partial charge in [-0.05, 0) is 34.6 Å². The molecule has 0 unspecified atom stereocenters. The highest BCUT2D eigenvalue weighted by Crippen LogP contribution is 2.13. The van der Waals surface area contributed by atoms with Crippen LogP contribution in [0.5, 0.6) is 0 Å². The molecule has 0 saturated heterocycles. The summed E-state index contributed by atoms with van der Waals surface area (Å²) in [5.41, 5.74) is 0. The van der Waals surface area contributed by atoms with E-state index < -0.39 is 0 Å². The fourth-order valence-corrected chi connectivity index (χ4v) is 3.52. The van der Waals surface area contributed by atoms with Crippen molar-refractivity contribution in [2.24, 2.45) is 0 Å². The van der Waals surface area contributed by atoms with Gasteiger partial charge in [0.15, 0.2) is 0 Å². The van der Waals surface area contributed by atoms with Gasteiger partial charge in [0.25, 0.3) is 0 Å². The molecule has 0 aliphatic carbocycles. The van der Waals surface area contributed by atoms with Crippen LogP contribution >= 0.6 is 0 Å². The summed E-state index contributed by atoms with van der Waals surface area (Å²) in [7, 11) is 8.49. The maximum absolute atomic E-state index is 6.09. The van der Waals surface area contributed by atoms with Gasteiger partial charge in [0, 0.05) is 19.7 Å². The van der Waals surface area contributed by atoms with E-state index >= 15 is 0 Å². The summed E-state index contributed by atoms with van der Waals surface area (Å²) in [6.45, 7) is 5.23. The van der Waals surface area contributed by atoms with Gasteiger partial charge in [-0.15, -0.1) is 0 Å². The Morgan fingerprint density at radius 1 is 0.538 bits per heavy atom. The number of hydrogen-bond acceptors (Lipinski definition) is 3. The van der Waals surface area contributed by atoms with Gasteiger partial charge in [0.2, 0.25) is 0 Å². The molecule has 26 heavy (non-hydrogen) atoms. The Bertz CT molecular complexity index is 259. The number of ether oxygens (including phenoxy) is 1. The van der Waals surface area contributed by atoms with E-state index in [1.807, 2.05) is 0 Å². The van der Waals surface area contributed by atoms with Crippen molar-refractivity contribution in [1.29, 1.82) is 0 Å². The summed E-state index contributed by atoms with van der Waals surface area (Å²) in [5.74, 6) is 0. The van der Waals surface area contributed by atoms with Gasteiger partial charge < -0.3 is 14.5 Å². The van der Waals surface area contributed by atoms with Crippen molar-refractivity contribution in [3.63, 3.8) is 0 Å². The first-order chi connectivity index (χ1) is 12.6. The molecule has 0 aromatic heterocycles. The van der Waals surface area contributed by atoms with Crippen molar-refractivity contribution in [3.05, 3.63) is 0 Å². The molecule has 0 aliphatic rings. The van der Waals surface area contributed by atoms with Crippen LogP contribution in [0.1, 0.15) is 96.8 Å². The Balaban J connectivity index is 3.31. The highest BCUT2D eigenvalue weighted by atomic mass is 16.5. The molecule has 0 bridgehead atoms. The molecule has 3 heteroatoms. The van der Waals surface area contributed by atoms with Crippen LogP contribution in [0.3, 0.4) is 0 Å². The van der Waals surface area contributed by atoms with Gasteiger partial charge in [0.1, 0.15) is 0 Å². The van der Waals surface area contributed by atoms with Crippen LogP contribution in [-0.4, -0.2) is 63.8 Å². The van der Waals surface area contributed by atoms with Crippen molar-refractivity contribution < 1.29 is 4.74 Å². The largest absolute Gasteiger partial charge is 0.376 e. The van der Waals surface area contributed by atoms with E-state index in [4.69, 9.17) is 4.74 Å². The molecule has 0 rings (SSSR count). The third kappa shape index (κ3) is 20.2. The van der Waals surface area contributed by atoms with E-state index in [0.717, 1.165) is 19.7 Å². The molecule has 0 saturated carbocycles. The van der Waals surface area contributed by atoms with Crippen LogP contribution in [0.4, 0.5) is 0 Å². The molecule has 3 nitrogen and oxygen atoms in total. The number of likely N-dealkylation sites (N-methyl/N-ethyl adjacent to an activating group) is 2. The molecule has 0 aromatic rings. The fourth-order valence-electron chi connectivity index (χ4n) is 3.52. The zero-order chi connectivity index (χ0) is 19.5. The van der Waals surface area contributed by atoms with E-state index in [1.165, 1.54) is 89.9 Å². The second kappa shape index (κ2) is 19.6. The van der Waals surface area contributed by atoms with Crippen molar-refractivity contribution >= 4 is 0 Å². The van der Waals surface area contributed by atoms with Crippen molar-refractivity contribution in [1.82, 2.24) is 9.80 Å². The number of hydrogen-bond donors (Lipinski definition) is 0. The Labute approximate surface area is 165 Å². The Kier molecular flexibility index (Phi) is 19.5. The van der Waals surface area contributed by atoms with Crippen LogP contribution in [0.25, 0.3) is 0 Å². The van der Waals surface area contributed by atoms with Gasteiger partial charge in [-0.3, -0.25) is 0 Å². The molecule has 0 aliphatic heterocycles. The third-order valence-corrected chi connectivity index (χ3v) is 4.99. The van der Waals surface area contributed by atoms with Gasteiger partial charge in [0.05, 0.1) is 6.10 Å². The number of nitrogens with zero attached hydrogens (tertiary/aromatic N) is 2. The molecule has 0 radical (unpaired) electrons. The predicted molar refractivity (Wildman–Crippen MR) is 117 cm³/mol. The van der Waals surface area contributed by atoms with E-state index in [9.17, 15) is 0 Å². The van der Waals surface area contributed by atoms with Crippen molar-refractivity contribution in [3.8, 4) is 0 Å². The Hall–Kier alpha value is -0.120. The average molecular weight is 371 g/mol. The molecular weight excluding hydrogens is 320 g/mol. The van der Waals surface area contributed by atoms with Gasteiger partial charge in [-0.1, -0.05) is 90.4 Å². The lowest BCUT2D eigenvalue weighted by atomic mass is 10.0. The SMILES string of the molecule is CCCCCCCCCCCCCCCCOC(CN(C)C)CN(C)C. The minimum absolute atomic E-state index is 0.335. The summed E-state index contributed by atoms with van der Waals surface area (Å²) in [4.78, 5) is 4.44. The van der Waals surface area contributed by atoms with Crippen LogP contribution in [0.15, 0.2) is 0 Å². The first-order valence-corrected chi connectivity index (χ1v) is 11.5. The van der Waals surface area contributed by atoms with Crippen molar-refractivity contribution in [2.75, 3.05) is 47.9 Å². The summed E-state index contributed by atoms with van der Waals surface area (Å²) in [6.07, 6.45) is 20.1.